The van der Waals surface area contributed by atoms with Crippen molar-refractivity contribution in [2.45, 2.75) is 12.1 Å². The average Bonchev–Trinajstić information content (AvgIpc) is 2.14. The molecule has 1 N–H and O–H groups in total. The van der Waals surface area contributed by atoms with Gasteiger partial charge in [-0.25, -0.2) is 0 Å². The van der Waals surface area contributed by atoms with Crippen LogP contribution in [-0.4, -0.2) is 15.2 Å². The molecule has 0 atom stereocenters. The van der Waals surface area contributed by atoms with Crippen molar-refractivity contribution in [2.24, 2.45) is 0 Å². The summed E-state index contributed by atoms with van der Waals surface area (Å²) in [5.74, 6) is 0.830. The lowest BCUT2D eigenvalue weighted by Gasteiger charge is -1.78. The fraction of sp³-hybridized carbons (Fsp3) is 0.250. The summed E-state index contributed by atoms with van der Waals surface area (Å²) in [5.41, 5.74) is 0. The SMILES string of the molecule is [CH2]Sc1nnc(C)[nH]1. The summed E-state index contributed by atoms with van der Waals surface area (Å²) in [4.78, 5) is 2.90. The van der Waals surface area contributed by atoms with Crippen LogP contribution in [0, 0.1) is 13.2 Å². The Morgan fingerprint density at radius 3 is 2.62 bits per heavy atom. The van der Waals surface area contributed by atoms with Gasteiger partial charge < -0.3 is 4.98 Å². The van der Waals surface area contributed by atoms with Gasteiger partial charge in [0.2, 0.25) is 0 Å². The lowest BCUT2D eigenvalue weighted by molar-refractivity contribution is 0.973. The van der Waals surface area contributed by atoms with E-state index in [1.165, 1.54) is 11.8 Å². The predicted octanol–water partition coefficient (Wildman–Crippen LogP) is 0.997. The van der Waals surface area contributed by atoms with Gasteiger partial charge in [-0.3, -0.25) is 0 Å². The van der Waals surface area contributed by atoms with Gasteiger partial charge >= 0.3 is 0 Å². The zero-order valence-corrected chi connectivity index (χ0v) is 5.33. The molecule has 8 heavy (non-hydrogen) atoms. The minimum atomic E-state index is 0.766. The Kier molecular flexibility index (Phi) is 1.53. The van der Waals surface area contributed by atoms with Crippen LogP contribution in [0.3, 0.4) is 0 Å². The number of aromatic nitrogens is 3. The van der Waals surface area contributed by atoms with Crippen LogP contribution in [0.5, 0.6) is 0 Å². The number of thioether (sulfide) groups is 1. The Morgan fingerprint density at radius 1 is 1.62 bits per heavy atom. The molecule has 1 aromatic rings. The number of nitrogens with zero attached hydrogens (tertiary/aromatic N) is 2. The van der Waals surface area contributed by atoms with Gasteiger partial charge in [-0.05, 0) is 6.92 Å². The Balaban J connectivity index is 2.84. The van der Waals surface area contributed by atoms with Crippen LogP contribution in [0.2, 0.25) is 0 Å². The number of nitrogens with one attached hydrogen (secondary N) is 1. The van der Waals surface area contributed by atoms with Crippen molar-refractivity contribution in [3.8, 4) is 0 Å². The van der Waals surface area contributed by atoms with Crippen LogP contribution in [0.15, 0.2) is 5.16 Å². The van der Waals surface area contributed by atoms with Gasteiger partial charge in [-0.2, -0.15) is 0 Å². The lowest BCUT2D eigenvalue weighted by Crippen LogP contribution is -1.69. The molecule has 4 heteroatoms. The summed E-state index contributed by atoms with van der Waals surface area (Å²) in [6.45, 7) is 1.85. The van der Waals surface area contributed by atoms with Crippen LogP contribution in [0.25, 0.3) is 0 Å². The maximum atomic E-state index is 3.73. The molecule has 3 nitrogen and oxygen atoms in total. The summed E-state index contributed by atoms with van der Waals surface area (Å²) >= 11 is 1.31. The summed E-state index contributed by atoms with van der Waals surface area (Å²) in [5, 5.41) is 8.22. The summed E-state index contributed by atoms with van der Waals surface area (Å²) in [6.07, 6.45) is 3.55. The molecule has 0 saturated heterocycles. The Labute approximate surface area is 51.9 Å². The van der Waals surface area contributed by atoms with Gasteiger partial charge in [0.05, 0.1) is 0 Å². The second-order valence-corrected chi connectivity index (χ2v) is 2.04. The van der Waals surface area contributed by atoms with Crippen LogP contribution < -0.4 is 0 Å². The molecular formula is C4H6N3S. The topological polar surface area (TPSA) is 41.6 Å². The molecule has 1 aromatic heterocycles. The van der Waals surface area contributed by atoms with Gasteiger partial charge in [-0.1, -0.05) is 11.8 Å². The summed E-state index contributed by atoms with van der Waals surface area (Å²) in [7, 11) is 0. The standard InChI is InChI=1S/C4H6N3S/c1-3-5-4(8-2)7-6-3/h2H2,1H3,(H,5,6,7). The van der Waals surface area contributed by atoms with Crippen LogP contribution in [0.4, 0.5) is 0 Å². The number of aromatic amines is 1. The first-order valence-corrected chi connectivity index (χ1v) is 3.13. The monoisotopic (exact) mass is 128 g/mol. The highest BCUT2D eigenvalue weighted by Crippen LogP contribution is 2.07. The maximum absolute atomic E-state index is 3.73. The highest BCUT2D eigenvalue weighted by molar-refractivity contribution is 8.00. The third kappa shape index (κ3) is 1.01. The van der Waals surface area contributed by atoms with Gasteiger partial charge in [-0.15, -0.1) is 10.2 Å². The Hall–Kier alpha value is -0.510. The fourth-order valence-electron chi connectivity index (χ4n) is 0.390. The van der Waals surface area contributed by atoms with E-state index in [0.29, 0.717) is 0 Å². The van der Waals surface area contributed by atoms with Gasteiger partial charge in [0, 0.05) is 6.26 Å². The summed E-state index contributed by atoms with van der Waals surface area (Å²) < 4.78 is 0. The normalized spacial score (nSPS) is 9.75. The molecule has 0 amide bonds. The molecule has 0 fully saturated rings. The van der Waals surface area contributed by atoms with Crippen molar-refractivity contribution in [2.75, 3.05) is 0 Å². The highest BCUT2D eigenvalue weighted by atomic mass is 32.2. The van der Waals surface area contributed by atoms with Crippen molar-refractivity contribution >= 4 is 11.8 Å². The van der Waals surface area contributed by atoms with E-state index < -0.39 is 0 Å². The molecule has 1 radical (unpaired) electrons. The largest absolute Gasteiger partial charge is 0.320 e. The zero-order chi connectivity index (χ0) is 5.98. The number of hydrogen-bond donors (Lipinski definition) is 1. The van der Waals surface area contributed by atoms with Gasteiger partial charge in [0.15, 0.2) is 5.16 Å². The first kappa shape index (κ1) is 5.62. The molecule has 1 rings (SSSR count). The van der Waals surface area contributed by atoms with Crippen LogP contribution in [-0.2, 0) is 0 Å². The first-order valence-electron chi connectivity index (χ1n) is 2.14. The molecule has 0 spiro atoms. The van der Waals surface area contributed by atoms with Crippen molar-refractivity contribution in [1.82, 2.24) is 15.2 Å². The second kappa shape index (κ2) is 2.17. The van der Waals surface area contributed by atoms with E-state index in [2.05, 4.69) is 21.4 Å². The van der Waals surface area contributed by atoms with E-state index in [0.717, 1.165) is 11.0 Å². The van der Waals surface area contributed by atoms with E-state index in [1.54, 1.807) is 0 Å². The Morgan fingerprint density at radius 2 is 2.38 bits per heavy atom. The molecule has 0 aliphatic rings. The third-order valence-corrected chi connectivity index (χ3v) is 1.17. The van der Waals surface area contributed by atoms with Crippen molar-refractivity contribution in [1.29, 1.82) is 0 Å². The van der Waals surface area contributed by atoms with Crippen LogP contribution >= 0.6 is 11.8 Å². The molecular weight excluding hydrogens is 122 g/mol. The molecule has 0 saturated carbocycles. The predicted molar refractivity (Wildman–Crippen MR) is 32.3 cm³/mol. The number of H-pyrrole nitrogens is 1. The minimum absolute atomic E-state index is 0.766. The Bertz CT molecular complexity index is 172. The quantitative estimate of drug-likeness (QED) is 0.573. The molecule has 0 aliphatic heterocycles. The average molecular weight is 128 g/mol. The molecule has 0 bridgehead atoms. The number of rotatable bonds is 1. The van der Waals surface area contributed by atoms with Crippen molar-refractivity contribution in [3.63, 3.8) is 0 Å². The smallest absolute Gasteiger partial charge is 0.188 e. The third-order valence-electron chi connectivity index (χ3n) is 0.715. The van der Waals surface area contributed by atoms with E-state index in [4.69, 9.17) is 0 Å². The van der Waals surface area contributed by atoms with E-state index >= 15 is 0 Å². The molecule has 1 heterocycles. The fourth-order valence-corrected chi connectivity index (χ4v) is 0.709. The maximum Gasteiger partial charge on any atom is 0.188 e. The lowest BCUT2D eigenvalue weighted by atomic mass is 10.8. The first-order chi connectivity index (χ1) is 3.83. The molecule has 43 valence electrons. The zero-order valence-electron chi connectivity index (χ0n) is 4.51. The number of hydrogen-bond acceptors (Lipinski definition) is 3. The second-order valence-electron chi connectivity index (χ2n) is 1.36. The minimum Gasteiger partial charge on any atom is -0.320 e. The summed E-state index contributed by atoms with van der Waals surface area (Å²) in [6, 6.07) is 0. The van der Waals surface area contributed by atoms with E-state index in [9.17, 15) is 0 Å². The molecule has 0 aliphatic carbocycles. The van der Waals surface area contributed by atoms with E-state index in [-0.39, 0.29) is 0 Å². The van der Waals surface area contributed by atoms with Crippen LogP contribution in [0.1, 0.15) is 5.82 Å². The van der Waals surface area contributed by atoms with E-state index in [1.807, 2.05) is 6.92 Å². The van der Waals surface area contributed by atoms with Crippen molar-refractivity contribution in [3.05, 3.63) is 12.1 Å². The highest BCUT2D eigenvalue weighted by Gasteiger charge is 1.92. The van der Waals surface area contributed by atoms with Crippen molar-refractivity contribution < 1.29 is 0 Å². The molecule has 0 aromatic carbocycles. The van der Waals surface area contributed by atoms with Gasteiger partial charge in [0.25, 0.3) is 0 Å². The molecule has 0 unspecified atom stereocenters. The van der Waals surface area contributed by atoms with Gasteiger partial charge in [0.1, 0.15) is 5.82 Å². The number of aryl methyl sites for hydroxylation is 1.